The molecule has 0 aromatic carbocycles. The van der Waals surface area contributed by atoms with Gasteiger partial charge in [0.25, 0.3) is 0 Å². The molecule has 218 valence electrons. The fraction of sp³-hybridized carbons (Fsp3) is 0.692. The van der Waals surface area contributed by atoms with Gasteiger partial charge in [-0.15, -0.1) is 0 Å². The Bertz CT molecular complexity index is 886. The molecule has 0 aromatic heterocycles. The summed E-state index contributed by atoms with van der Waals surface area (Å²) in [5, 5.41) is 0. The smallest absolute Gasteiger partial charge is 0.385 e. The van der Waals surface area contributed by atoms with Gasteiger partial charge in [-0.3, -0.25) is 9.47 Å². The third-order valence-corrected chi connectivity index (χ3v) is 3.38. The standard InChI is InChI=1S/C13H3F19O5/c1-2-3(33)35-4(34)5(14,15)7(18,10(23,24)25)36-13(31,32)8(19,11(26,27)28)37-12(29,30)6(16,17)9(20,21)22/h2H,1H2. The molecule has 0 aliphatic heterocycles. The van der Waals surface area contributed by atoms with Crippen LogP contribution in [-0.4, -0.2) is 66.2 Å². The summed E-state index contributed by atoms with van der Waals surface area (Å²) >= 11 is 0. The lowest BCUT2D eigenvalue weighted by atomic mass is 10.1. The highest BCUT2D eigenvalue weighted by molar-refractivity contribution is 5.94. The first-order chi connectivity index (χ1) is 15.8. The third-order valence-electron chi connectivity index (χ3n) is 3.38. The summed E-state index contributed by atoms with van der Waals surface area (Å²) in [6, 6.07) is 0. The van der Waals surface area contributed by atoms with Crippen molar-refractivity contribution >= 4 is 11.9 Å². The Balaban J connectivity index is 7.03. The van der Waals surface area contributed by atoms with Crippen molar-refractivity contribution in [2.45, 2.75) is 54.3 Å². The number of alkyl halides is 19. The van der Waals surface area contributed by atoms with E-state index in [1.165, 1.54) is 4.74 Å². The predicted octanol–water partition coefficient (Wildman–Crippen LogP) is 5.75. The summed E-state index contributed by atoms with van der Waals surface area (Å²) in [6.45, 7) is 2.35. The minimum Gasteiger partial charge on any atom is -0.385 e. The average Bonchev–Trinajstić information content (AvgIpc) is 2.63. The SMILES string of the molecule is C=CC(=O)OC(=O)C(F)(F)C(F)(OC(F)(F)C(F)(OC(F)(F)C(F)(F)C(F)(F)F)C(F)(F)F)C(F)(F)F. The van der Waals surface area contributed by atoms with Crippen LogP contribution in [0.25, 0.3) is 0 Å². The van der Waals surface area contributed by atoms with Crippen LogP contribution in [0.1, 0.15) is 0 Å². The molecular formula is C13H3F19O5. The number of hydrogen-bond acceptors (Lipinski definition) is 5. The molecule has 0 aromatic rings. The Morgan fingerprint density at radius 1 is 0.541 bits per heavy atom. The van der Waals surface area contributed by atoms with E-state index >= 15 is 0 Å². The van der Waals surface area contributed by atoms with Crippen molar-refractivity contribution in [3.05, 3.63) is 12.7 Å². The van der Waals surface area contributed by atoms with Gasteiger partial charge in [0.1, 0.15) is 0 Å². The van der Waals surface area contributed by atoms with Crippen molar-refractivity contribution in [3.8, 4) is 0 Å². The second-order valence-electron chi connectivity index (χ2n) is 5.98. The van der Waals surface area contributed by atoms with Gasteiger partial charge in [-0.05, 0) is 0 Å². The summed E-state index contributed by atoms with van der Waals surface area (Å²) in [5.74, 6) is -38.8. The minimum atomic E-state index is -8.43. The zero-order valence-electron chi connectivity index (χ0n) is 16.0. The van der Waals surface area contributed by atoms with Crippen LogP contribution in [0.5, 0.6) is 0 Å². The van der Waals surface area contributed by atoms with E-state index in [1.807, 2.05) is 0 Å². The highest BCUT2D eigenvalue weighted by atomic mass is 19.4. The first-order valence-electron chi connectivity index (χ1n) is 7.67. The number of halogens is 19. The average molecular weight is 600 g/mol. The number of carbonyl (C=O) groups excluding carboxylic acids is 2. The summed E-state index contributed by atoms with van der Waals surface area (Å²) in [6.07, 6.45) is -40.9. The number of rotatable bonds is 9. The van der Waals surface area contributed by atoms with Crippen LogP contribution in [0.4, 0.5) is 83.4 Å². The molecule has 0 heterocycles. The van der Waals surface area contributed by atoms with Crippen molar-refractivity contribution in [1.82, 2.24) is 0 Å². The highest BCUT2D eigenvalue weighted by Gasteiger charge is 2.88. The molecule has 37 heavy (non-hydrogen) atoms. The molecule has 2 atom stereocenters. The van der Waals surface area contributed by atoms with E-state index in [-0.39, 0.29) is 6.08 Å². The topological polar surface area (TPSA) is 61.8 Å². The first kappa shape index (κ1) is 34.5. The number of esters is 2. The van der Waals surface area contributed by atoms with E-state index < -0.39 is 66.2 Å². The lowest BCUT2D eigenvalue weighted by molar-refractivity contribution is -0.559. The van der Waals surface area contributed by atoms with Gasteiger partial charge in [0.2, 0.25) is 0 Å². The van der Waals surface area contributed by atoms with Crippen molar-refractivity contribution in [3.63, 3.8) is 0 Å². The molecule has 5 nitrogen and oxygen atoms in total. The van der Waals surface area contributed by atoms with Crippen LogP contribution in [0, 0.1) is 0 Å². The lowest BCUT2D eigenvalue weighted by Crippen LogP contribution is -2.70. The van der Waals surface area contributed by atoms with E-state index in [1.54, 1.807) is 0 Å². The summed E-state index contributed by atoms with van der Waals surface area (Å²) in [4.78, 5) is 21.5. The van der Waals surface area contributed by atoms with E-state index in [0.717, 1.165) is 4.74 Å². The van der Waals surface area contributed by atoms with Crippen LogP contribution in [0.3, 0.4) is 0 Å². The van der Waals surface area contributed by atoms with Gasteiger partial charge in [-0.25, -0.2) is 9.59 Å². The molecule has 0 N–H and O–H groups in total. The van der Waals surface area contributed by atoms with Crippen molar-refractivity contribution in [2.75, 3.05) is 0 Å². The molecule has 0 radical (unpaired) electrons. The molecular weight excluding hydrogens is 597 g/mol. The first-order valence-corrected chi connectivity index (χ1v) is 7.67. The summed E-state index contributed by atoms with van der Waals surface area (Å²) < 4.78 is 252. The zero-order valence-corrected chi connectivity index (χ0v) is 16.0. The Morgan fingerprint density at radius 3 is 1.19 bits per heavy atom. The second kappa shape index (κ2) is 9.34. The minimum absolute atomic E-state index is 0.343. The molecule has 0 aliphatic carbocycles. The molecule has 0 amide bonds. The van der Waals surface area contributed by atoms with E-state index in [9.17, 15) is 93.0 Å². The molecule has 0 rings (SSSR count). The van der Waals surface area contributed by atoms with Crippen LogP contribution in [0.15, 0.2) is 12.7 Å². The number of ether oxygens (including phenoxy) is 3. The van der Waals surface area contributed by atoms with Crippen LogP contribution < -0.4 is 0 Å². The quantitative estimate of drug-likeness (QED) is 0.146. The van der Waals surface area contributed by atoms with E-state index in [4.69, 9.17) is 0 Å². The Hall–Kier alpha value is -2.53. The second-order valence-corrected chi connectivity index (χ2v) is 5.98. The molecule has 0 saturated carbocycles. The highest BCUT2D eigenvalue weighted by Crippen LogP contribution is 2.58. The van der Waals surface area contributed by atoms with Crippen LogP contribution in [-0.2, 0) is 23.8 Å². The van der Waals surface area contributed by atoms with Crippen LogP contribution in [0.2, 0.25) is 0 Å². The summed E-state index contributed by atoms with van der Waals surface area (Å²) in [5.41, 5.74) is 0. The third kappa shape index (κ3) is 5.82. The van der Waals surface area contributed by atoms with Crippen LogP contribution >= 0.6 is 0 Å². The molecule has 0 aliphatic rings. The maximum atomic E-state index is 14.0. The molecule has 0 saturated heterocycles. The Kier molecular flexibility index (Phi) is 8.70. The largest absolute Gasteiger partial charge is 0.462 e. The van der Waals surface area contributed by atoms with Gasteiger partial charge in [-0.1, -0.05) is 6.58 Å². The van der Waals surface area contributed by atoms with Crippen molar-refractivity contribution < 1.29 is 107 Å². The molecule has 0 fully saturated rings. The lowest BCUT2D eigenvalue weighted by Gasteiger charge is -2.41. The van der Waals surface area contributed by atoms with E-state index in [0.29, 0.717) is 0 Å². The maximum Gasteiger partial charge on any atom is 0.462 e. The molecule has 2 unspecified atom stereocenters. The fourth-order valence-electron chi connectivity index (χ4n) is 1.56. The number of hydrogen-bond donors (Lipinski definition) is 0. The monoisotopic (exact) mass is 600 g/mol. The normalized spacial score (nSPS) is 18.0. The molecule has 0 bridgehead atoms. The van der Waals surface area contributed by atoms with E-state index in [2.05, 4.69) is 11.3 Å². The van der Waals surface area contributed by atoms with Gasteiger partial charge < -0.3 is 4.74 Å². The zero-order chi connectivity index (χ0) is 30.5. The van der Waals surface area contributed by atoms with Crippen molar-refractivity contribution in [2.24, 2.45) is 0 Å². The predicted molar refractivity (Wildman–Crippen MR) is 69.1 cm³/mol. The van der Waals surface area contributed by atoms with Crippen molar-refractivity contribution in [1.29, 1.82) is 0 Å². The van der Waals surface area contributed by atoms with Gasteiger partial charge in [0, 0.05) is 6.08 Å². The molecule has 24 heteroatoms. The van der Waals surface area contributed by atoms with Gasteiger partial charge in [0.15, 0.2) is 0 Å². The number of carbonyl (C=O) groups is 2. The van der Waals surface area contributed by atoms with Gasteiger partial charge in [0.05, 0.1) is 0 Å². The van der Waals surface area contributed by atoms with Gasteiger partial charge in [-0.2, -0.15) is 83.4 Å². The summed E-state index contributed by atoms with van der Waals surface area (Å²) in [7, 11) is 0. The Labute approximate surface area is 187 Å². The fourth-order valence-corrected chi connectivity index (χ4v) is 1.56. The van der Waals surface area contributed by atoms with Gasteiger partial charge >= 0.3 is 66.2 Å². The maximum absolute atomic E-state index is 14.0. The Morgan fingerprint density at radius 2 is 0.892 bits per heavy atom. The molecule has 0 spiro atoms.